The maximum absolute atomic E-state index is 14.6. The lowest BCUT2D eigenvalue weighted by molar-refractivity contribution is 0.304. The summed E-state index contributed by atoms with van der Waals surface area (Å²) >= 11 is 0. The molecule has 1 aliphatic carbocycles. The van der Waals surface area contributed by atoms with Crippen LogP contribution in [0.2, 0.25) is 0 Å². The van der Waals surface area contributed by atoms with Crippen molar-refractivity contribution in [2.24, 2.45) is 5.92 Å². The molecular formula is C26H31F. The number of rotatable bonds is 5. The zero-order chi connectivity index (χ0) is 19.1. The van der Waals surface area contributed by atoms with Crippen LogP contribution in [0.5, 0.6) is 0 Å². The van der Waals surface area contributed by atoms with E-state index in [-0.39, 0.29) is 5.82 Å². The number of aryl methyl sites for hydroxylation is 1. The molecule has 0 radical (unpaired) electrons. The van der Waals surface area contributed by atoms with Gasteiger partial charge < -0.3 is 0 Å². The Morgan fingerprint density at radius 3 is 2.30 bits per heavy atom. The first-order valence-electron chi connectivity index (χ1n) is 10.6. The van der Waals surface area contributed by atoms with Gasteiger partial charge in [0.1, 0.15) is 5.82 Å². The summed E-state index contributed by atoms with van der Waals surface area (Å²) in [6.07, 6.45) is 10.00. The van der Waals surface area contributed by atoms with E-state index in [0.29, 0.717) is 11.5 Å². The standard InChI is InChI=1S/C26H31F/c1-3-5-6-21-11-14-23(15-12-21)25-18-17-24(26(27)19-25)16-13-22-9-7-20(4-2)8-10-22/h7-10,17-19,21,23H,3-6,11-12,14-15H2,1-2H3. The van der Waals surface area contributed by atoms with Gasteiger partial charge in [-0.15, -0.1) is 0 Å². The molecule has 1 saturated carbocycles. The zero-order valence-corrected chi connectivity index (χ0v) is 16.7. The molecular weight excluding hydrogens is 331 g/mol. The van der Waals surface area contributed by atoms with E-state index in [1.165, 1.54) is 50.5 Å². The molecule has 2 aromatic rings. The van der Waals surface area contributed by atoms with E-state index >= 15 is 0 Å². The first-order valence-corrected chi connectivity index (χ1v) is 10.6. The molecule has 0 nitrogen and oxygen atoms in total. The fourth-order valence-electron chi connectivity index (χ4n) is 4.13. The molecule has 27 heavy (non-hydrogen) atoms. The van der Waals surface area contributed by atoms with E-state index in [0.717, 1.165) is 23.5 Å². The minimum Gasteiger partial charge on any atom is -0.206 e. The fraction of sp³-hybridized carbons (Fsp3) is 0.462. The lowest BCUT2D eigenvalue weighted by atomic mass is 9.77. The van der Waals surface area contributed by atoms with Crippen molar-refractivity contribution >= 4 is 0 Å². The molecule has 0 atom stereocenters. The lowest BCUT2D eigenvalue weighted by Gasteiger charge is -2.28. The summed E-state index contributed by atoms with van der Waals surface area (Å²) in [7, 11) is 0. The van der Waals surface area contributed by atoms with E-state index in [2.05, 4.69) is 43.9 Å². The molecule has 0 aromatic heterocycles. The highest BCUT2D eigenvalue weighted by Crippen LogP contribution is 2.38. The van der Waals surface area contributed by atoms with Crippen LogP contribution in [0.3, 0.4) is 0 Å². The van der Waals surface area contributed by atoms with Crippen molar-refractivity contribution in [3.63, 3.8) is 0 Å². The van der Waals surface area contributed by atoms with E-state index in [9.17, 15) is 4.39 Å². The number of benzene rings is 2. The molecule has 0 N–H and O–H groups in total. The third-order valence-corrected chi connectivity index (χ3v) is 5.98. The highest BCUT2D eigenvalue weighted by Gasteiger charge is 2.22. The van der Waals surface area contributed by atoms with Crippen LogP contribution in [0, 0.1) is 23.6 Å². The van der Waals surface area contributed by atoms with Gasteiger partial charge in [-0.3, -0.25) is 0 Å². The Hall–Kier alpha value is -2.07. The van der Waals surface area contributed by atoms with Crippen molar-refractivity contribution in [3.05, 3.63) is 70.5 Å². The summed E-state index contributed by atoms with van der Waals surface area (Å²) in [5.74, 6) is 7.31. The Morgan fingerprint density at radius 1 is 0.926 bits per heavy atom. The molecule has 3 rings (SSSR count). The Kier molecular flexibility index (Phi) is 7.11. The Morgan fingerprint density at radius 2 is 1.67 bits per heavy atom. The second kappa shape index (κ2) is 9.75. The fourth-order valence-corrected chi connectivity index (χ4v) is 4.13. The van der Waals surface area contributed by atoms with Gasteiger partial charge in [-0.05, 0) is 79.3 Å². The predicted molar refractivity (Wildman–Crippen MR) is 112 cm³/mol. The molecule has 1 aliphatic rings. The van der Waals surface area contributed by atoms with Gasteiger partial charge >= 0.3 is 0 Å². The van der Waals surface area contributed by atoms with Crippen LogP contribution < -0.4 is 0 Å². The smallest absolute Gasteiger partial charge is 0.139 e. The van der Waals surface area contributed by atoms with E-state index in [4.69, 9.17) is 0 Å². The third kappa shape index (κ3) is 5.46. The number of hydrogen-bond acceptors (Lipinski definition) is 0. The molecule has 0 spiro atoms. The van der Waals surface area contributed by atoms with E-state index in [1.54, 1.807) is 6.07 Å². The molecule has 142 valence electrons. The van der Waals surface area contributed by atoms with Crippen LogP contribution in [0.15, 0.2) is 42.5 Å². The average molecular weight is 363 g/mol. The largest absolute Gasteiger partial charge is 0.206 e. The molecule has 1 heteroatoms. The van der Waals surface area contributed by atoms with Gasteiger partial charge in [0.05, 0.1) is 5.56 Å². The zero-order valence-electron chi connectivity index (χ0n) is 16.7. The first-order chi connectivity index (χ1) is 13.2. The second-order valence-electron chi connectivity index (χ2n) is 7.90. The van der Waals surface area contributed by atoms with Crippen molar-refractivity contribution in [2.45, 2.75) is 71.1 Å². The maximum Gasteiger partial charge on any atom is 0.139 e. The van der Waals surface area contributed by atoms with Crippen molar-refractivity contribution in [1.29, 1.82) is 0 Å². The van der Waals surface area contributed by atoms with Gasteiger partial charge in [0, 0.05) is 5.56 Å². The number of halogens is 1. The minimum atomic E-state index is -0.182. The Bertz CT molecular complexity index is 783. The molecule has 0 amide bonds. The molecule has 0 bridgehead atoms. The summed E-state index contributed by atoms with van der Waals surface area (Å²) < 4.78 is 14.6. The molecule has 0 unspecified atom stereocenters. The quantitative estimate of drug-likeness (QED) is 0.491. The van der Waals surface area contributed by atoms with Crippen molar-refractivity contribution < 1.29 is 4.39 Å². The van der Waals surface area contributed by atoms with E-state index in [1.807, 2.05) is 18.2 Å². The van der Waals surface area contributed by atoms with Crippen LogP contribution in [-0.4, -0.2) is 0 Å². The highest BCUT2D eigenvalue weighted by atomic mass is 19.1. The molecule has 0 aliphatic heterocycles. The third-order valence-electron chi connectivity index (χ3n) is 5.98. The highest BCUT2D eigenvalue weighted by molar-refractivity contribution is 5.45. The van der Waals surface area contributed by atoms with Gasteiger partial charge in [0.2, 0.25) is 0 Å². The monoisotopic (exact) mass is 362 g/mol. The van der Waals surface area contributed by atoms with Crippen molar-refractivity contribution in [2.75, 3.05) is 0 Å². The van der Waals surface area contributed by atoms with Gasteiger partial charge in [-0.25, -0.2) is 4.39 Å². The average Bonchev–Trinajstić information content (AvgIpc) is 2.72. The van der Waals surface area contributed by atoms with Crippen LogP contribution in [0.25, 0.3) is 0 Å². The van der Waals surface area contributed by atoms with Gasteiger partial charge in [0.25, 0.3) is 0 Å². The number of hydrogen-bond donors (Lipinski definition) is 0. The van der Waals surface area contributed by atoms with Crippen LogP contribution in [-0.2, 0) is 6.42 Å². The summed E-state index contributed by atoms with van der Waals surface area (Å²) in [6.45, 7) is 4.40. The summed E-state index contributed by atoms with van der Waals surface area (Å²) in [6, 6.07) is 13.9. The summed E-state index contributed by atoms with van der Waals surface area (Å²) in [5.41, 5.74) is 3.87. The Labute approximate surface area is 164 Å². The summed E-state index contributed by atoms with van der Waals surface area (Å²) in [4.78, 5) is 0. The molecule has 2 aromatic carbocycles. The number of unbranched alkanes of at least 4 members (excludes halogenated alkanes) is 1. The van der Waals surface area contributed by atoms with Crippen molar-refractivity contribution in [1.82, 2.24) is 0 Å². The Balaban J connectivity index is 1.63. The second-order valence-corrected chi connectivity index (χ2v) is 7.90. The topological polar surface area (TPSA) is 0 Å². The predicted octanol–water partition coefficient (Wildman–Crippen LogP) is 7.25. The van der Waals surface area contributed by atoms with Gasteiger partial charge in [-0.1, -0.05) is 63.1 Å². The summed E-state index contributed by atoms with van der Waals surface area (Å²) in [5, 5.41) is 0. The van der Waals surface area contributed by atoms with Crippen LogP contribution in [0.1, 0.15) is 87.0 Å². The first kappa shape index (κ1) is 19.7. The molecule has 0 heterocycles. The van der Waals surface area contributed by atoms with Crippen molar-refractivity contribution in [3.8, 4) is 11.8 Å². The lowest BCUT2D eigenvalue weighted by Crippen LogP contribution is -2.13. The van der Waals surface area contributed by atoms with Crippen LogP contribution >= 0.6 is 0 Å². The van der Waals surface area contributed by atoms with Gasteiger partial charge in [-0.2, -0.15) is 0 Å². The molecule has 1 fully saturated rings. The SMILES string of the molecule is CCCCC1CCC(c2ccc(C#Cc3ccc(CC)cc3)c(F)c2)CC1. The maximum atomic E-state index is 14.6. The normalized spacial score (nSPS) is 19.4. The van der Waals surface area contributed by atoms with Crippen LogP contribution in [0.4, 0.5) is 4.39 Å². The minimum absolute atomic E-state index is 0.182. The van der Waals surface area contributed by atoms with Gasteiger partial charge in [0.15, 0.2) is 0 Å². The van der Waals surface area contributed by atoms with E-state index < -0.39 is 0 Å². The molecule has 0 saturated heterocycles.